The Morgan fingerprint density at radius 1 is 0.645 bits per heavy atom. The lowest BCUT2D eigenvalue weighted by Crippen LogP contribution is -2.42. The molecule has 0 spiro atoms. The summed E-state index contributed by atoms with van der Waals surface area (Å²) in [5.74, 6) is 9.67. The molecule has 4 fully saturated rings. The highest BCUT2D eigenvalue weighted by atomic mass is 14.5. The average molecular weight is 431 g/mol. The molecule has 0 saturated heterocycles. The van der Waals surface area contributed by atoms with Gasteiger partial charge in [0.1, 0.15) is 0 Å². The summed E-state index contributed by atoms with van der Waals surface area (Å²) in [5, 5.41) is 0. The second-order valence-electron chi connectivity index (χ2n) is 12.7. The van der Waals surface area contributed by atoms with Crippen molar-refractivity contribution in [2.45, 2.75) is 144 Å². The first-order valence-corrected chi connectivity index (χ1v) is 15.1. The van der Waals surface area contributed by atoms with Crippen molar-refractivity contribution >= 4 is 0 Å². The van der Waals surface area contributed by atoms with Crippen LogP contribution in [-0.2, 0) is 0 Å². The van der Waals surface area contributed by atoms with Crippen molar-refractivity contribution in [2.24, 2.45) is 53.3 Å². The SMILES string of the molecule is CCC1CCCC(C)C1.CCCCC1C(C)CC2CCCC2C1C1CCC(CC)CC1. The van der Waals surface area contributed by atoms with Crippen LogP contribution in [0.5, 0.6) is 0 Å². The molecule has 0 aromatic heterocycles. The van der Waals surface area contributed by atoms with Crippen LogP contribution in [0, 0.1) is 53.3 Å². The van der Waals surface area contributed by atoms with E-state index in [2.05, 4.69) is 34.6 Å². The normalized spacial score (nSPS) is 43.1. The van der Waals surface area contributed by atoms with Crippen molar-refractivity contribution < 1.29 is 0 Å². The van der Waals surface area contributed by atoms with E-state index >= 15 is 0 Å². The smallest absolute Gasteiger partial charge is 0.0324 e. The number of unbranched alkanes of at least 4 members (excludes halogenated alkanes) is 1. The molecule has 4 saturated carbocycles. The van der Waals surface area contributed by atoms with Crippen LogP contribution < -0.4 is 0 Å². The van der Waals surface area contributed by atoms with Crippen molar-refractivity contribution in [3.8, 4) is 0 Å². The predicted octanol–water partition coefficient (Wildman–Crippen LogP) is 10.3. The summed E-state index contributed by atoms with van der Waals surface area (Å²) >= 11 is 0. The zero-order valence-corrected chi connectivity index (χ0v) is 22.2. The summed E-state index contributed by atoms with van der Waals surface area (Å²) in [6.07, 6.45) is 25.7. The topological polar surface area (TPSA) is 0 Å². The molecule has 0 nitrogen and oxygen atoms in total. The van der Waals surface area contributed by atoms with Gasteiger partial charge in [0.25, 0.3) is 0 Å². The molecule has 7 atom stereocenters. The predicted molar refractivity (Wildman–Crippen MR) is 138 cm³/mol. The largest absolute Gasteiger partial charge is 0.0654 e. The van der Waals surface area contributed by atoms with Gasteiger partial charge in [-0.15, -0.1) is 0 Å². The zero-order chi connectivity index (χ0) is 22.2. The Morgan fingerprint density at radius 3 is 1.97 bits per heavy atom. The minimum Gasteiger partial charge on any atom is -0.0654 e. The van der Waals surface area contributed by atoms with E-state index in [-0.39, 0.29) is 0 Å². The summed E-state index contributed by atoms with van der Waals surface area (Å²) in [7, 11) is 0. The Kier molecular flexibility index (Phi) is 10.8. The van der Waals surface area contributed by atoms with Crippen LogP contribution >= 0.6 is 0 Å². The molecule has 0 heterocycles. The van der Waals surface area contributed by atoms with Crippen molar-refractivity contribution in [3.63, 3.8) is 0 Å². The lowest BCUT2D eigenvalue weighted by Gasteiger charge is -2.49. The molecule has 7 unspecified atom stereocenters. The molecule has 0 aliphatic heterocycles. The van der Waals surface area contributed by atoms with Gasteiger partial charge in [0.15, 0.2) is 0 Å². The van der Waals surface area contributed by atoms with Crippen LogP contribution in [0.15, 0.2) is 0 Å². The van der Waals surface area contributed by atoms with E-state index in [0.29, 0.717) is 0 Å². The van der Waals surface area contributed by atoms with Gasteiger partial charge in [-0.3, -0.25) is 0 Å². The van der Waals surface area contributed by atoms with Crippen molar-refractivity contribution in [1.29, 1.82) is 0 Å². The molecule has 4 aliphatic rings. The number of rotatable bonds is 6. The Hall–Kier alpha value is 0. The third kappa shape index (κ3) is 6.99. The standard InChI is InChI=1S/C22H40.C9H18/c1-4-6-9-20-16(3)15-19-8-7-10-21(19)22(20)18-13-11-17(5-2)12-14-18;1-3-9-6-4-5-8(2)7-9/h16-22H,4-15H2,1-3H3;8-9H,3-7H2,1-2H3. The summed E-state index contributed by atoms with van der Waals surface area (Å²) < 4.78 is 0. The molecule has 182 valence electrons. The molecule has 0 heteroatoms. The molecular weight excluding hydrogens is 372 g/mol. The van der Waals surface area contributed by atoms with Gasteiger partial charge in [0, 0.05) is 0 Å². The second kappa shape index (κ2) is 13.0. The van der Waals surface area contributed by atoms with Gasteiger partial charge < -0.3 is 0 Å². The fraction of sp³-hybridized carbons (Fsp3) is 1.00. The summed E-state index contributed by atoms with van der Waals surface area (Å²) in [6, 6.07) is 0. The van der Waals surface area contributed by atoms with E-state index < -0.39 is 0 Å². The second-order valence-corrected chi connectivity index (χ2v) is 12.7. The molecule has 0 aromatic carbocycles. The van der Waals surface area contributed by atoms with Crippen molar-refractivity contribution in [2.75, 3.05) is 0 Å². The van der Waals surface area contributed by atoms with Crippen LogP contribution in [-0.4, -0.2) is 0 Å². The Bertz CT molecular complexity index is 472. The van der Waals surface area contributed by atoms with Gasteiger partial charge in [-0.1, -0.05) is 105 Å². The van der Waals surface area contributed by atoms with E-state index in [0.717, 1.165) is 53.3 Å². The van der Waals surface area contributed by atoms with Crippen molar-refractivity contribution in [3.05, 3.63) is 0 Å². The van der Waals surface area contributed by atoms with E-state index in [9.17, 15) is 0 Å². The van der Waals surface area contributed by atoms with Crippen molar-refractivity contribution in [1.82, 2.24) is 0 Å². The van der Waals surface area contributed by atoms with Crippen LogP contribution in [0.25, 0.3) is 0 Å². The van der Waals surface area contributed by atoms with E-state index in [1.54, 1.807) is 57.8 Å². The van der Waals surface area contributed by atoms with Gasteiger partial charge in [-0.05, 0) is 91.8 Å². The van der Waals surface area contributed by atoms with E-state index in [1.165, 1.54) is 51.4 Å². The summed E-state index contributed by atoms with van der Waals surface area (Å²) in [5.41, 5.74) is 0. The third-order valence-electron chi connectivity index (χ3n) is 10.6. The first-order chi connectivity index (χ1) is 15.1. The Balaban J connectivity index is 0.000000254. The maximum Gasteiger partial charge on any atom is -0.0324 e. The quantitative estimate of drug-likeness (QED) is 0.393. The first-order valence-electron chi connectivity index (χ1n) is 15.1. The summed E-state index contributed by atoms with van der Waals surface area (Å²) in [6.45, 7) is 12.1. The lowest BCUT2D eigenvalue weighted by atomic mass is 9.56. The molecule has 4 rings (SSSR count). The third-order valence-corrected chi connectivity index (χ3v) is 10.6. The monoisotopic (exact) mass is 430 g/mol. The Morgan fingerprint density at radius 2 is 1.35 bits per heavy atom. The van der Waals surface area contributed by atoms with Gasteiger partial charge in [0.2, 0.25) is 0 Å². The molecule has 31 heavy (non-hydrogen) atoms. The molecule has 0 radical (unpaired) electrons. The molecule has 0 amide bonds. The zero-order valence-electron chi connectivity index (χ0n) is 22.2. The van der Waals surface area contributed by atoms with Gasteiger partial charge in [-0.25, -0.2) is 0 Å². The van der Waals surface area contributed by atoms with Gasteiger partial charge in [0.05, 0.1) is 0 Å². The minimum absolute atomic E-state index is 1.01. The molecule has 0 N–H and O–H groups in total. The molecule has 0 aromatic rings. The van der Waals surface area contributed by atoms with Crippen LogP contribution in [0.4, 0.5) is 0 Å². The highest BCUT2D eigenvalue weighted by Crippen LogP contribution is 2.56. The minimum atomic E-state index is 1.01. The fourth-order valence-electron chi connectivity index (χ4n) is 8.74. The lowest BCUT2D eigenvalue weighted by molar-refractivity contribution is -0.00258. The number of fused-ring (bicyclic) bond motifs is 1. The highest BCUT2D eigenvalue weighted by molar-refractivity contribution is 4.97. The maximum absolute atomic E-state index is 2.61. The molecular formula is C31H58. The number of hydrogen-bond acceptors (Lipinski definition) is 0. The van der Waals surface area contributed by atoms with Crippen LogP contribution in [0.1, 0.15) is 144 Å². The van der Waals surface area contributed by atoms with Gasteiger partial charge >= 0.3 is 0 Å². The maximum atomic E-state index is 2.61. The average Bonchev–Trinajstić information content (AvgIpc) is 3.25. The number of hydrogen-bond donors (Lipinski definition) is 0. The fourth-order valence-corrected chi connectivity index (χ4v) is 8.74. The highest BCUT2D eigenvalue weighted by Gasteiger charge is 2.47. The van der Waals surface area contributed by atoms with E-state index in [1.807, 2.05) is 0 Å². The van der Waals surface area contributed by atoms with Crippen LogP contribution in [0.2, 0.25) is 0 Å². The van der Waals surface area contributed by atoms with Gasteiger partial charge in [-0.2, -0.15) is 0 Å². The van der Waals surface area contributed by atoms with Crippen LogP contribution in [0.3, 0.4) is 0 Å². The first kappa shape index (κ1) is 25.6. The molecule has 4 aliphatic carbocycles. The molecule has 0 bridgehead atoms. The Labute approximate surface area is 197 Å². The van der Waals surface area contributed by atoms with E-state index in [4.69, 9.17) is 0 Å². The summed E-state index contributed by atoms with van der Waals surface area (Å²) in [4.78, 5) is 0.